The first-order chi connectivity index (χ1) is 15.0. The maximum Gasteiger partial charge on any atom is 0.419 e. The van der Waals surface area contributed by atoms with Crippen LogP contribution >= 0.6 is 0 Å². The summed E-state index contributed by atoms with van der Waals surface area (Å²) in [6.07, 6.45) is 1.47. The largest absolute Gasteiger partial charge is 0.490 e. The second-order valence-electron chi connectivity index (χ2n) is 6.53. The maximum atomic E-state index is 12.0. The molecule has 2 N–H and O–H groups in total. The number of fused-ring (bicyclic) bond motifs is 2. The normalized spacial score (nSPS) is 10.7. The Balaban J connectivity index is 1.88. The molecule has 0 radical (unpaired) electrons. The second-order valence-corrected chi connectivity index (χ2v) is 6.53. The number of nitriles is 1. The first kappa shape index (κ1) is 20.0. The number of rotatable bonds is 6. The summed E-state index contributed by atoms with van der Waals surface area (Å²) in [4.78, 5) is 30.3. The minimum Gasteiger partial charge on any atom is -0.490 e. The van der Waals surface area contributed by atoms with Crippen LogP contribution in [-0.4, -0.2) is 23.2 Å². The molecule has 2 heterocycles. The molecule has 0 fully saturated rings. The molecule has 0 saturated carbocycles. The fraction of sp³-hybridized carbons (Fsp3) is 0.182. The molecular weight excluding hydrogens is 400 g/mol. The molecule has 0 aliphatic heterocycles. The van der Waals surface area contributed by atoms with Crippen molar-refractivity contribution in [1.29, 1.82) is 5.26 Å². The lowest BCUT2D eigenvalue weighted by Crippen LogP contribution is -2.14. The van der Waals surface area contributed by atoms with Crippen molar-refractivity contribution in [3.8, 4) is 17.6 Å². The van der Waals surface area contributed by atoms with Gasteiger partial charge in [0.1, 0.15) is 6.07 Å². The van der Waals surface area contributed by atoms with Gasteiger partial charge in [-0.1, -0.05) is 0 Å². The van der Waals surface area contributed by atoms with Gasteiger partial charge in [-0.2, -0.15) is 5.26 Å². The molecule has 0 aliphatic rings. The van der Waals surface area contributed by atoms with Crippen molar-refractivity contribution in [3.05, 3.63) is 63.1 Å². The van der Waals surface area contributed by atoms with Gasteiger partial charge in [0.05, 0.1) is 40.9 Å². The molecule has 4 rings (SSSR count). The molecule has 0 aliphatic carbocycles. The summed E-state index contributed by atoms with van der Waals surface area (Å²) in [5, 5.41) is 13.7. The van der Waals surface area contributed by atoms with E-state index in [9.17, 15) is 14.9 Å². The fourth-order valence-corrected chi connectivity index (χ4v) is 3.27. The van der Waals surface area contributed by atoms with E-state index in [1.54, 1.807) is 30.3 Å². The van der Waals surface area contributed by atoms with Gasteiger partial charge in [0.15, 0.2) is 11.5 Å². The SMILES string of the molecule is CCOc1cc2ncc(C#N)c(Nc3ccc4[nH]c(=O)oc(=O)c4c3)c2cc1OCC. The molecule has 0 bridgehead atoms. The average molecular weight is 418 g/mol. The monoisotopic (exact) mass is 418 g/mol. The van der Waals surface area contributed by atoms with Crippen LogP contribution in [0.15, 0.2) is 50.5 Å². The van der Waals surface area contributed by atoms with E-state index in [0.29, 0.717) is 58.1 Å². The van der Waals surface area contributed by atoms with Gasteiger partial charge < -0.3 is 19.2 Å². The number of aromatic amines is 1. The Bertz CT molecular complexity index is 1450. The predicted octanol–water partition coefficient (Wildman–Crippen LogP) is 3.44. The van der Waals surface area contributed by atoms with Crippen molar-refractivity contribution >= 4 is 33.2 Å². The van der Waals surface area contributed by atoms with E-state index in [0.717, 1.165) is 0 Å². The van der Waals surface area contributed by atoms with Gasteiger partial charge >= 0.3 is 11.4 Å². The van der Waals surface area contributed by atoms with Gasteiger partial charge in [-0.25, -0.2) is 9.59 Å². The summed E-state index contributed by atoms with van der Waals surface area (Å²) in [6.45, 7) is 4.66. The number of aromatic nitrogens is 2. The van der Waals surface area contributed by atoms with Crippen molar-refractivity contribution in [2.75, 3.05) is 18.5 Å². The molecular formula is C22H18N4O5. The van der Waals surface area contributed by atoms with Crippen LogP contribution < -0.4 is 26.2 Å². The van der Waals surface area contributed by atoms with Crippen molar-refractivity contribution in [3.63, 3.8) is 0 Å². The first-order valence-corrected chi connectivity index (χ1v) is 9.60. The topological polar surface area (TPSA) is 130 Å². The second kappa shape index (κ2) is 8.20. The molecule has 4 aromatic rings. The smallest absolute Gasteiger partial charge is 0.419 e. The van der Waals surface area contributed by atoms with E-state index in [1.807, 2.05) is 13.8 Å². The Morgan fingerprint density at radius 2 is 1.84 bits per heavy atom. The van der Waals surface area contributed by atoms with Gasteiger partial charge in [-0.15, -0.1) is 0 Å². The highest BCUT2D eigenvalue weighted by atomic mass is 16.5. The number of H-pyrrole nitrogens is 1. The van der Waals surface area contributed by atoms with E-state index in [2.05, 4.69) is 25.8 Å². The third-order valence-corrected chi connectivity index (χ3v) is 4.58. The van der Waals surface area contributed by atoms with Crippen LogP contribution in [0, 0.1) is 11.3 Å². The lowest BCUT2D eigenvalue weighted by Gasteiger charge is -2.15. The van der Waals surface area contributed by atoms with Crippen LogP contribution in [0.4, 0.5) is 11.4 Å². The van der Waals surface area contributed by atoms with Crippen LogP contribution in [0.1, 0.15) is 19.4 Å². The summed E-state index contributed by atoms with van der Waals surface area (Å²) in [7, 11) is 0. The van der Waals surface area contributed by atoms with E-state index >= 15 is 0 Å². The molecule has 0 amide bonds. The highest BCUT2D eigenvalue weighted by molar-refractivity contribution is 5.98. The van der Waals surface area contributed by atoms with E-state index in [4.69, 9.17) is 9.47 Å². The lowest BCUT2D eigenvalue weighted by atomic mass is 10.1. The Morgan fingerprint density at radius 3 is 2.55 bits per heavy atom. The van der Waals surface area contributed by atoms with Crippen LogP contribution in [-0.2, 0) is 0 Å². The van der Waals surface area contributed by atoms with Crippen LogP contribution in [0.25, 0.3) is 21.8 Å². The minimum atomic E-state index is -0.821. The number of pyridine rings is 1. The standard InChI is InChI=1S/C22H18N4O5/c1-3-29-18-8-14-17(9-19(18)30-4-2)24-11-12(10-23)20(14)25-13-5-6-16-15(7-13)21(27)31-22(28)26-16/h5-9,11H,3-4H2,1-2H3,(H,24,25)(H,26,28). The van der Waals surface area contributed by atoms with Gasteiger partial charge in [0.25, 0.3) is 0 Å². The van der Waals surface area contributed by atoms with E-state index < -0.39 is 11.4 Å². The number of benzene rings is 2. The summed E-state index contributed by atoms with van der Waals surface area (Å²) >= 11 is 0. The predicted molar refractivity (Wildman–Crippen MR) is 115 cm³/mol. The van der Waals surface area contributed by atoms with Gasteiger partial charge in [-0.3, -0.25) is 9.97 Å². The highest BCUT2D eigenvalue weighted by Gasteiger charge is 2.15. The molecule has 2 aromatic heterocycles. The Labute approximate surface area is 175 Å². The third-order valence-electron chi connectivity index (χ3n) is 4.58. The molecule has 0 atom stereocenters. The number of nitrogens with one attached hydrogen (secondary N) is 2. The molecule has 0 spiro atoms. The summed E-state index contributed by atoms with van der Waals surface area (Å²) < 4.78 is 16.0. The third kappa shape index (κ3) is 3.79. The molecule has 0 saturated heterocycles. The zero-order valence-electron chi connectivity index (χ0n) is 16.8. The maximum absolute atomic E-state index is 12.0. The summed E-state index contributed by atoms with van der Waals surface area (Å²) in [5.74, 6) is 0.277. The Hall–Kier alpha value is -4.32. The number of hydrogen-bond donors (Lipinski definition) is 2. The average Bonchev–Trinajstić information content (AvgIpc) is 2.75. The molecule has 9 nitrogen and oxygen atoms in total. The number of hydrogen-bond acceptors (Lipinski definition) is 8. The molecule has 156 valence electrons. The van der Waals surface area contributed by atoms with Crippen LogP contribution in [0.2, 0.25) is 0 Å². The zero-order valence-corrected chi connectivity index (χ0v) is 16.8. The van der Waals surface area contributed by atoms with Gasteiger partial charge in [0, 0.05) is 23.3 Å². The van der Waals surface area contributed by atoms with Crippen molar-refractivity contribution in [2.45, 2.75) is 13.8 Å². The van der Waals surface area contributed by atoms with Crippen molar-refractivity contribution in [2.24, 2.45) is 0 Å². The van der Waals surface area contributed by atoms with Crippen molar-refractivity contribution < 1.29 is 13.9 Å². The number of ether oxygens (including phenoxy) is 2. The summed E-state index contributed by atoms with van der Waals surface area (Å²) in [5.41, 5.74) is 1.56. The van der Waals surface area contributed by atoms with Crippen molar-refractivity contribution in [1.82, 2.24) is 9.97 Å². The van der Waals surface area contributed by atoms with Gasteiger partial charge in [-0.05, 0) is 38.1 Å². The molecule has 9 heteroatoms. The first-order valence-electron chi connectivity index (χ1n) is 9.60. The Kier molecular flexibility index (Phi) is 5.28. The Morgan fingerprint density at radius 1 is 1.10 bits per heavy atom. The molecule has 2 aromatic carbocycles. The van der Waals surface area contributed by atoms with E-state index in [-0.39, 0.29) is 5.39 Å². The fourth-order valence-electron chi connectivity index (χ4n) is 3.27. The molecule has 0 unspecified atom stereocenters. The molecule has 31 heavy (non-hydrogen) atoms. The minimum absolute atomic E-state index is 0.204. The van der Waals surface area contributed by atoms with Crippen LogP contribution in [0.5, 0.6) is 11.5 Å². The lowest BCUT2D eigenvalue weighted by molar-refractivity contribution is 0.288. The van der Waals surface area contributed by atoms with E-state index in [1.165, 1.54) is 6.20 Å². The number of anilines is 2. The van der Waals surface area contributed by atoms with Crippen LogP contribution in [0.3, 0.4) is 0 Å². The number of nitrogens with zero attached hydrogens (tertiary/aromatic N) is 2. The van der Waals surface area contributed by atoms with Gasteiger partial charge in [0.2, 0.25) is 0 Å². The quantitative estimate of drug-likeness (QED) is 0.487. The zero-order chi connectivity index (χ0) is 22.0. The summed E-state index contributed by atoms with van der Waals surface area (Å²) in [6, 6.07) is 10.5. The highest BCUT2D eigenvalue weighted by Crippen LogP contribution is 2.37.